The minimum absolute atomic E-state index is 0.112. The maximum absolute atomic E-state index is 12.3. The minimum atomic E-state index is 0.112. The summed E-state index contributed by atoms with van der Waals surface area (Å²) in [6.07, 6.45) is 4.70. The number of nitrogens with zero attached hydrogens (tertiary/aromatic N) is 1. The molecule has 4 nitrogen and oxygen atoms in total. The predicted molar refractivity (Wildman–Crippen MR) is 85.2 cm³/mol. The van der Waals surface area contributed by atoms with E-state index < -0.39 is 0 Å². The van der Waals surface area contributed by atoms with Crippen molar-refractivity contribution in [3.8, 4) is 0 Å². The lowest BCUT2D eigenvalue weighted by Crippen LogP contribution is -2.37. The molecule has 4 heteroatoms. The Balaban J connectivity index is 1.58. The number of likely N-dealkylation sites (tertiary alicyclic amines) is 1. The smallest absolute Gasteiger partial charge is 0.228 e. The van der Waals surface area contributed by atoms with Gasteiger partial charge < -0.3 is 10.6 Å². The Bertz CT molecular complexity index is 477. The topological polar surface area (TPSA) is 44.4 Å². The van der Waals surface area contributed by atoms with E-state index in [1.165, 1.54) is 31.5 Å². The Hall–Kier alpha value is -1.39. The van der Waals surface area contributed by atoms with Crippen LogP contribution in [0.3, 0.4) is 0 Å². The van der Waals surface area contributed by atoms with Crippen LogP contribution >= 0.6 is 0 Å². The minimum Gasteiger partial charge on any atom is -0.326 e. The Morgan fingerprint density at radius 3 is 2.90 bits per heavy atom. The zero-order chi connectivity index (χ0) is 14.5. The van der Waals surface area contributed by atoms with Gasteiger partial charge in [-0.25, -0.2) is 0 Å². The number of benzene rings is 1. The van der Waals surface area contributed by atoms with Crippen molar-refractivity contribution in [3.05, 3.63) is 29.8 Å². The van der Waals surface area contributed by atoms with Gasteiger partial charge in [0.2, 0.25) is 5.91 Å². The summed E-state index contributed by atoms with van der Waals surface area (Å²) in [5, 5.41) is 6.37. The molecule has 114 valence electrons. The number of rotatable bonds is 4. The van der Waals surface area contributed by atoms with Gasteiger partial charge in [0.25, 0.3) is 0 Å². The van der Waals surface area contributed by atoms with Crippen LogP contribution in [-0.2, 0) is 11.3 Å². The summed E-state index contributed by atoms with van der Waals surface area (Å²) < 4.78 is 0. The van der Waals surface area contributed by atoms with Crippen LogP contribution in [0.2, 0.25) is 0 Å². The molecule has 1 unspecified atom stereocenters. The molecular weight excluding hydrogens is 262 g/mol. The van der Waals surface area contributed by atoms with Crippen LogP contribution in [0.25, 0.3) is 0 Å². The predicted octanol–water partition coefficient (Wildman–Crippen LogP) is 2.22. The molecule has 2 aliphatic heterocycles. The molecule has 0 saturated carbocycles. The molecule has 0 aliphatic carbocycles. The summed E-state index contributed by atoms with van der Waals surface area (Å²) in [6, 6.07) is 8.30. The Kier molecular flexibility index (Phi) is 4.88. The van der Waals surface area contributed by atoms with E-state index in [0.29, 0.717) is 0 Å². The van der Waals surface area contributed by atoms with Crippen molar-refractivity contribution in [2.24, 2.45) is 5.92 Å². The normalized spacial score (nSPS) is 23.1. The summed E-state index contributed by atoms with van der Waals surface area (Å²) in [7, 11) is 0. The number of carbonyl (C=O) groups excluding carboxylic acids is 1. The summed E-state index contributed by atoms with van der Waals surface area (Å²) in [4.78, 5) is 14.7. The van der Waals surface area contributed by atoms with Crippen LogP contribution in [0.1, 0.15) is 31.2 Å². The van der Waals surface area contributed by atoms with Crippen LogP contribution in [0.4, 0.5) is 5.69 Å². The summed E-state index contributed by atoms with van der Waals surface area (Å²) >= 11 is 0. The standard InChI is InChI=1S/C17H25N3O/c21-17(15-6-4-8-18-12-15)19-16-7-3-5-14(11-16)13-20-9-1-2-10-20/h3,5,7,11,15,18H,1-2,4,6,8-10,12-13H2,(H,19,21). The molecule has 0 radical (unpaired) electrons. The van der Waals surface area contributed by atoms with E-state index >= 15 is 0 Å². The lowest BCUT2D eigenvalue weighted by molar-refractivity contribution is -0.120. The molecule has 0 aromatic heterocycles. The van der Waals surface area contributed by atoms with Crippen molar-refractivity contribution in [1.82, 2.24) is 10.2 Å². The van der Waals surface area contributed by atoms with Gasteiger partial charge in [-0.05, 0) is 63.0 Å². The number of carbonyl (C=O) groups is 1. The molecule has 0 bridgehead atoms. The Morgan fingerprint density at radius 1 is 1.29 bits per heavy atom. The highest BCUT2D eigenvalue weighted by Crippen LogP contribution is 2.18. The van der Waals surface area contributed by atoms with E-state index in [-0.39, 0.29) is 11.8 Å². The number of amides is 1. The van der Waals surface area contributed by atoms with Crippen LogP contribution in [0, 0.1) is 5.92 Å². The third-order valence-corrected chi connectivity index (χ3v) is 4.47. The first kappa shape index (κ1) is 14.5. The van der Waals surface area contributed by atoms with E-state index in [1.54, 1.807) is 0 Å². The van der Waals surface area contributed by atoms with Crippen LogP contribution in [-0.4, -0.2) is 37.0 Å². The average molecular weight is 287 g/mol. The van der Waals surface area contributed by atoms with Gasteiger partial charge in [0, 0.05) is 18.8 Å². The summed E-state index contributed by atoms with van der Waals surface area (Å²) in [5.41, 5.74) is 2.22. The molecule has 0 spiro atoms. The third-order valence-electron chi connectivity index (χ3n) is 4.47. The lowest BCUT2D eigenvalue weighted by atomic mass is 9.99. The first-order valence-corrected chi connectivity index (χ1v) is 8.14. The molecule has 2 saturated heterocycles. The van der Waals surface area contributed by atoms with Crippen molar-refractivity contribution in [3.63, 3.8) is 0 Å². The third kappa shape index (κ3) is 4.05. The van der Waals surface area contributed by atoms with Crippen LogP contribution in [0.15, 0.2) is 24.3 Å². The Labute approximate surface area is 126 Å². The lowest BCUT2D eigenvalue weighted by Gasteiger charge is -2.22. The number of piperidine rings is 1. The monoisotopic (exact) mass is 287 g/mol. The van der Waals surface area contributed by atoms with Crippen molar-refractivity contribution in [2.75, 3.05) is 31.5 Å². The molecule has 3 rings (SSSR count). The van der Waals surface area contributed by atoms with Crippen molar-refractivity contribution in [1.29, 1.82) is 0 Å². The maximum Gasteiger partial charge on any atom is 0.228 e. The molecule has 2 N–H and O–H groups in total. The van der Waals surface area contributed by atoms with E-state index in [1.807, 2.05) is 12.1 Å². The molecule has 1 amide bonds. The fourth-order valence-electron chi connectivity index (χ4n) is 3.27. The molecule has 21 heavy (non-hydrogen) atoms. The van der Waals surface area contributed by atoms with Crippen molar-refractivity contribution < 1.29 is 4.79 Å². The van der Waals surface area contributed by atoms with Gasteiger partial charge in [0.05, 0.1) is 5.92 Å². The SMILES string of the molecule is O=C(Nc1cccc(CN2CCCC2)c1)C1CCCNC1. The van der Waals surface area contributed by atoms with Gasteiger partial charge in [-0.3, -0.25) is 9.69 Å². The second-order valence-corrected chi connectivity index (χ2v) is 6.22. The van der Waals surface area contributed by atoms with Gasteiger partial charge in [0.15, 0.2) is 0 Å². The number of nitrogens with one attached hydrogen (secondary N) is 2. The van der Waals surface area contributed by atoms with Gasteiger partial charge in [-0.15, -0.1) is 0 Å². The van der Waals surface area contributed by atoms with E-state index in [9.17, 15) is 4.79 Å². The van der Waals surface area contributed by atoms with E-state index in [4.69, 9.17) is 0 Å². The Morgan fingerprint density at radius 2 is 2.14 bits per heavy atom. The average Bonchev–Trinajstić information content (AvgIpc) is 3.01. The fourth-order valence-corrected chi connectivity index (χ4v) is 3.27. The molecule has 1 atom stereocenters. The van der Waals surface area contributed by atoms with Crippen LogP contribution < -0.4 is 10.6 Å². The zero-order valence-electron chi connectivity index (χ0n) is 12.6. The highest BCUT2D eigenvalue weighted by atomic mass is 16.1. The molecule has 2 heterocycles. The maximum atomic E-state index is 12.3. The zero-order valence-corrected chi connectivity index (χ0v) is 12.6. The van der Waals surface area contributed by atoms with Gasteiger partial charge in [-0.2, -0.15) is 0 Å². The quantitative estimate of drug-likeness (QED) is 0.892. The molecule has 1 aromatic rings. The van der Waals surface area contributed by atoms with Gasteiger partial charge in [0.1, 0.15) is 0 Å². The molecule has 2 fully saturated rings. The number of hydrogen-bond donors (Lipinski definition) is 2. The van der Waals surface area contributed by atoms with E-state index in [2.05, 4.69) is 27.7 Å². The number of anilines is 1. The first-order chi connectivity index (χ1) is 10.3. The largest absolute Gasteiger partial charge is 0.326 e. The number of hydrogen-bond acceptors (Lipinski definition) is 3. The molecule has 2 aliphatic rings. The highest BCUT2D eigenvalue weighted by molar-refractivity contribution is 5.92. The van der Waals surface area contributed by atoms with Crippen molar-refractivity contribution in [2.45, 2.75) is 32.2 Å². The fraction of sp³-hybridized carbons (Fsp3) is 0.588. The molecular formula is C17H25N3O. The van der Waals surface area contributed by atoms with E-state index in [0.717, 1.165) is 38.2 Å². The molecule has 1 aromatic carbocycles. The summed E-state index contributed by atoms with van der Waals surface area (Å²) in [5.74, 6) is 0.265. The second-order valence-electron chi connectivity index (χ2n) is 6.22. The van der Waals surface area contributed by atoms with Gasteiger partial charge in [-0.1, -0.05) is 12.1 Å². The second kappa shape index (κ2) is 7.05. The van der Waals surface area contributed by atoms with Crippen LogP contribution in [0.5, 0.6) is 0 Å². The van der Waals surface area contributed by atoms with Crippen molar-refractivity contribution >= 4 is 11.6 Å². The highest BCUT2D eigenvalue weighted by Gasteiger charge is 2.21. The first-order valence-electron chi connectivity index (χ1n) is 8.14. The van der Waals surface area contributed by atoms with Gasteiger partial charge >= 0.3 is 0 Å². The summed E-state index contributed by atoms with van der Waals surface area (Å²) in [6.45, 7) is 5.23.